The van der Waals surface area contributed by atoms with E-state index >= 15 is 0 Å². The van der Waals surface area contributed by atoms with Crippen molar-refractivity contribution in [1.82, 2.24) is 0 Å². The Kier molecular flexibility index (Phi) is 20.4. The van der Waals surface area contributed by atoms with Crippen molar-refractivity contribution in [1.29, 1.82) is 0 Å². The molecule has 2 N–H and O–H groups in total. The van der Waals surface area contributed by atoms with Crippen molar-refractivity contribution in [3.05, 3.63) is 0 Å². The Labute approximate surface area is 154 Å². The number of hydrogen-bond donors (Lipinski definition) is 2. The molecule has 0 saturated carbocycles. The van der Waals surface area contributed by atoms with Gasteiger partial charge in [0.25, 0.3) is 0 Å². The predicted octanol–water partition coefficient (Wildman–Crippen LogP) is 3.61. The van der Waals surface area contributed by atoms with Crippen molar-refractivity contribution in [2.24, 2.45) is 0 Å². The van der Waals surface area contributed by atoms with Gasteiger partial charge in [-0.2, -0.15) is 0 Å². The summed E-state index contributed by atoms with van der Waals surface area (Å²) in [6.07, 6.45) is 14.4. The summed E-state index contributed by atoms with van der Waals surface area (Å²) in [4.78, 5) is 10.4. The molecule has 0 heterocycles. The molecule has 0 aliphatic rings. The van der Waals surface area contributed by atoms with Crippen LogP contribution in [-0.2, 0) is 4.79 Å². The van der Waals surface area contributed by atoms with Crippen molar-refractivity contribution in [2.45, 2.75) is 96.5 Å². The van der Waals surface area contributed by atoms with E-state index in [0.29, 0.717) is 6.42 Å². The molecule has 0 amide bonds. The Morgan fingerprint density at radius 2 is 1.15 bits per heavy atom. The van der Waals surface area contributed by atoms with E-state index in [1.165, 1.54) is 64.2 Å². The van der Waals surface area contributed by atoms with Crippen LogP contribution < -0.4 is 0 Å². The van der Waals surface area contributed by atoms with E-state index in [1.807, 2.05) is 0 Å². The molecule has 4 heteroatoms. The van der Waals surface area contributed by atoms with E-state index in [-0.39, 0.29) is 37.7 Å². The van der Waals surface area contributed by atoms with Gasteiger partial charge in [-0.05, 0) is 6.42 Å². The number of aliphatic hydroxyl groups excluding tert-OH is 1. The number of aliphatic carboxylic acids is 1. The number of hydrogen-bond acceptors (Lipinski definition) is 2. The Bertz CT molecular complexity index is 210. The quantitative estimate of drug-likeness (QED) is 0.380. The van der Waals surface area contributed by atoms with Gasteiger partial charge in [-0.1, -0.05) is 84.0 Å². The van der Waals surface area contributed by atoms with Crippen LogP contribution in [0.25, 0.3) is 0 Å². The van der Waals surface area contributed by atoms with Gasteiger partial charge in [0.1, 0.15) is 0 Å². The molecule has 3 nitrogen and oxygen atoms in total. The zero-order chi connectivity index (χ0) is 14.3. The maximum atomic E-state index is 10.4. The number of rotatable bonds is 14. The third-order valence-electron chi connectivity index (χ3n) is 3.62. The summed E-state index contributed by atoms with van der Waals surface area (Å²) in [6.45, 7) is 2.25. The van der Waals surface area contributed by atoms with E-state index in [9.17, 15) is 4.79 Å². The second-order valence-corrected chi connectivity index (χ2v) is 5.53. The van der Waals surface area contributed by atoms with Crippen molar-refractivity contribution in [3.63, 3.8) is 0 Å². The summed E-state index contributed by atoms with van der Waals surface area (Å²) in [5.41, 5.74) is 0. The van der Waals surface area contributed by atoms with Gasteiger partial charge in [0.05, 0.1) is 0 Å². The Morgan fingerprint density at radius 1 is 0.800 bits per heavy atom. The van der Waals surface area contributed by atoms with Crippen molar-refractivity contribution >= 4 is 43.7 Å². The Hall–Kier alpha value is 0.690. The molecule has 0 bridgehead atoms. The molecule has 0 aliphatic heterocycles. The third kappa shape index (κ3) is 16.7. The van der Waals surface area contributed by atoms with Gasteiger partial charge in [-0.15, -0.1) is 0 Å². The number of carboxylic acids is 1. The van der Waals surface area contributed by atoms with Crippen LogP contribution in [-0.4, -0.2) is 60.0 Å². The molecule has 0 fully saturated rings. The minimum absolute atomic E-state index is 0. The second kappa shape index (κ2) is 17.7. The molecule has 118 valence electrons. The fourth-order valence-electron chi connectivity index (χ4n) is 2.30. The molecule has 0 rings (SSSR count). The van der Waals surface area contributed by atoms with Gasteiger partial charge in [0, 0.05) is 0 Å². The maximum absolute atomic E-state index is 10.4. The van der Waals surface area contributed by atoms with Crippen LogP contribution in [0.5, 0.6) is 0 Å². The summed E-state index contributed by atoms with van der Waals surface area (Å²) >= 11 is 0. The molecule has 0 aromatic heterocycles. The van der Waals surface area contributed by atoms with Gasteiger partial charge in [0.15, 0.2) is 6.10 Å². The summed E-state index contributed by atoms with van der Waals surface area (Å²) in [7, 11) is 0. The van der Waals surface area contributed by atoms with E-state index < -0.39 is 12.1 Å². The summed E-state index contributed by atoms with van der Waals surface area (Å²) in [6, 6.07) is 0. The Morgan fingerprint density at radius 3 is 1.50 bits per heavy atom. The number of aliphatic hydroxyl groups is 1. The van der Waals surface area contributed by atoms with Crippen molar-refractivity contribution in [3.8, 4) is 0 Å². The standard InChI is InChI=1S/C16H32O3.Ca.2H/c1-2-3-4-5-6-7-8-9-10-11-12-13-14-15(17)16(18)19;;;/h15,17H,2-14H2,1H3,(H,18,19);;;. The van der Waals surface area contributed by atoms with Crippen LogP contribution >= 0.6 is 0 Å². The van der Waals surface area contributed by atoms with Gasteiger partial charge in [0.2, 0.25) is 0 Å². The average Bonchev–Trinajstić information content (AvgIpc) is 2.39. The first-order valence-electron chi connectivity index (χ1n) is 8.09. The van der Waals surface area contributed by atoms with Crippen LogP contribution in [0.15, 0.2) is 0 Å². The van der Waals surface area contributed by atoms with Gasteiger partial charge in [-0.25, -0.2) is 4.79 Å². The molecule has 0 aliphatic carbocycles. The normalized spacial score (nSPS) is 11.9. The molecule has 1 atom stereocenters. The fraction of sp³-hybridized carbons (Fsp3) is 0.938. The second-order valence-electron chi connectivity index (χ2n) is 5.53. The molecule has 0 saturated heterocycles. The van der Waals surface area contributed by atoms with Crippen LogP contribution in [0.2, 0.25) is 0 Å². The molecule has 0 spiro atoms. The van der Waals surface area contributed by atoms with E-state index in [1.54, 1.807) is 0 Å². The topological polar surface area (TPSA) is 57.5 Å². The van der Waals surface area contributed by atoms with Crippen LogP contribution in [0, 0.1) is 0 Å². The molecule has 1 unspecified atom stereocenters. The third-order valence-corrected chi connectivity index (χ3v) is 3.62. The van der Waals surface area contributed by atoms with Crippen LogP contribution in [0.4, 0.5) is 0 Å². The first-order valence-corrected chi connectivity index (χ1v) is 8.09. The summed E-state index contributed by atoms with van der Waals surface area (Å²) < 4.78 is 0. The Balaban J connectivity index is 0. The van der Waals surface area contributed by atoms with Crippen LogP contribution in [0.1, 0.15) is 90.4 Å². The van der Waals surface area contributed by atoms with E-state index in [0.717, 1.165) is 12.8 Å². The van der Waals surface area contributed by atoms with Gasteiger partial charge >= 0.3 is 43.7 Å². The van der Waals surface area contributed by atoms with E-state index in [2.05, 4.69) is 6.92 Å². The first kappa shape index (κ1) is 23.0. The summed E-state index contributed by atoms with van der Waals surface area (Å²) in [5, 5.41) is 17.6. The first-order chi connectivity index (χ1) is 9.18. The van der Waals surface area contributed by atoms with Crippen molar-refractivity contribution in [2.75, 3.05) is 0 Å². The number of unbranched alkanes of at least 4 members (excludes halogenated alkanes) is 11. The minimum atomic E-state index is -1.16. The SMILES string of the molecule is CCCCCCCCCCCCCCC(O)C(=O)O.[CaH2]. The monoisotopic (exact) mass is 314 g/mol. The van der Waals surface area contributed by atoms with Crippen molar-refractivity contribution < 1.29 is 15.0 Å². The number of carbonyl (C=O) groups is 1. The zero-order valence-corrected chi connectivity index (χ0v) is 12.6. The summed E-state index contributed by atoms with van der Waals surface area (Å²) in [5.74, 6) is -1.09. The van der Waals surface area contributed by atoms with E-state index in [4.69, 9.17) is 10.2 Å². The predicted molar refractivity (Wildman–Crippen MR) is 87.9 cm³/mol. The molecule has 0 radical (unpaired) electrons. The molecule has 20 heavy (non-hydrogen) atoms. The fourth-order valence-corrected chi connectivity index (χ4v) is 2.30. The van der Waals surface area contributed by atoms with Crippen LogP contribution in [0.3, 0.4) is 0 Å². The molecule has 0 aromatic carbocycles. The zero-order valence-electron chi connectivity index (χ0n) is 12.6. The molecular formula is C16H34CaO3. The molecular weight excluding hydrogens is 280 g/mol. The number of carboxylic acid groups (broad SMARTS) is 1. The average molecular weight is 315 g/mol. The molecule has 0 aromatic rings. The van der Waals surface area contributed by atoms with Gasteiger partial charge < -0.3 is 10.2 Å². The van der Waals surface area contributed by atoms with Gasteiger partial charge in [-0.3, -0.25) is 0 Å².